The van der Waals surface area contributed by atoms with Crippen molar-refractivity contribution in [1.29, 1.82) is 0 Å². The van der Waals surface area contributed by atoms with Crippen molar-refractivity contribution in [3.63, 3.8) is 0 Å². The van der Waals surface area contributed by atoms with Crippen LogP contribution in [0, 0.1) is 5.92 Å². The maximum Gasteiger partial charge on any atom is 0.151 e. The van der Waals surface area contributed by atoms with E-state index in [0.29, 0.717) is 11.5 Å². The normalized spacial score (nSPS) is 42.4. The lowest BCUT2D eigenvalue weighted by Gasteiger charge is -2.37. The van der Waals surface area contributed by atoms with Crippen LogP contribution in [0.25, 0.3) is 0 Å². The van der Waals surface area contributed by atoms with E-state index >= 15 is 0 Å². The van der Waals surface area contributed by atoms with Gasteiger partial charge in [-0.3, -0.25) is 0 Å². The smallest absolute Gasteiger partial charge is 0.151 e. The molecule has 3 saturated heterocycles. The molecule has 19 heavy (non-hydrogen) atoms. The van der Waals surface area contributed by atoms with Crippen LogP contribution < -0.4 is 5.32 Å². The van der Waals surface area contributed by atoms with Crippen LogP contribution in [0.5, 0.6) is 0 Å². The molecular weight excluding hydrogens is 260 g/mol. The Kier molecular flexibility index (Phi) is 3.89. The zero-order chi connectivity index (χ0) is 13.5. The van der Waals surface area contributed by atoms with Crippen molar-refractivity contribution < 1.29 is 8.42 Å². The number of hydrogen-bond donors (Lipinski definition) is 1. The number of piperidine rings is 1. The molecule has 0 saturated carbocycles. The van der Waals surface area contributed by atoms with Crippen LogP contribution in [0.2, 0.25) is 0 Å². The van der Waals surface area contributed by atoms with E-state index in [-0.39, 0.29) is 6.04 Å². The lowest BCUT2D eigenvalue weighted by molar-refractivity contribution is 0.131. The van der Waals surface area contributed by atoms with Gasteiger partial charge in [0.1, 0.15) is 0 Å². The summed E-state index contributed by atoms with van der Waals surface area (Å²) >= 11 is 0. The summed E-state index contributed by atoms with van der Waals surface area (Å²) in [6, 6.07) is 1.76. The minimum atomic E-state index is -2.77. The average molecular weight is 286 g/mol. The predicted molar refractivity (Wildman–Crippen MR) is 77.0 cm³/mol. The molecule has 5 heteroatoms. The molecule has 0 aromatic heterocycles. The van der Waals surface area contributed by atoms with E-state index in [4.69, 9.17) is 0 Å². The van der Waals surface area contributed by atoms with Crippen molar-refractivity contribution in [2.24, 2.45) is 5.92 Å². The highest BCUT2D eigenvalue weighted by atomic mass is 32.2. The van der Waals surface area contributed by atoms with Gasteiger partial charge in [-0.05, 0) is 58.0 Å². The monoisotopic (exact) mass is 286 g/mol. The molecule has 3 unspecified atom stereocenters. The lowest BCUT2D eigenvalue weighted by atomic mass is 9.91. The van der Waals surface area contributed by atoms with Crippen molar-refractivity contribution >= 4 is 9.84 Å². The molecule has 0 amide bonds. The van der Waals surface area contributed by atoms with Gasteiger partial charge in [-0.25, -0.2) is 8.42 Å². The fourth-order valence-corrected chi connectivity index (χ4v) is 5.88. The third-order valence-electron chi connectivity index (χ3n) is 5.35. The van der Waals surface area contributed by atoms with Gasteiger partial charge in [0.05, 0.1) is 11.5 Å². The summed E-state index contributed by atoms with van der Waals surface area (Å²) in [7, 11) is -0.510. The molecule has 0 aliphatic carbocycles. The average Bonchev–Trinajstić information content (AvgIpc) is 2.59. The Labute approximate surface area is 116 Å². The Morgan fingerprint density at radius 1 is 1.16 bits per heavy atom. The molecule has 1 N–H and O–H groups in total. The molecular formula is C14H26N2O2S. The quantitative estimate of drug-likeness (QED) is 0.842. The topological polar surface area (TPSA) is 49.4 Å². The van der Waals surface area contributed by atoms with Gasteiger partial charge in [0.15, 0.2) is 9.84 Å². The van der Waals surface area contributed by atoms with E-state index in [9.17, 15) is 8.42 Å². The van der Waals surface area contributed by atoms with Crippen molar-refractivity contribution in [2.45, 2.75) is 56.7 Å². The molecule has 110 valence electrons. The Hall–Kier alpha value is -0.130. The number of nitrogens with one attached hydrogen (secondary N) is 1. The van der Waals surface area contributed by atoms with Gasteiger partial charge in [-0.15, -0.1) is 0 Å². The third kappa shape index (κ3) is 3.14. The van der Waals surface area contributed by atoms with Crippen LogP contribution in [0.4, 0.5) is 0 Å². The van der Waals surface area contributed by atoms with Gasteiger partial charge >= 0.3 is 0 Å². The lowest BCUT2D eigenvalue weighted by Crippen LogP contribution is -2.46. The summed E-state index contributed by atoms with van der Waals surface area (Å²) in [5, 5.41) is 3.53. The second kappa shape index (κ2) is 5.34. The van der Waals surface area contributed by atoms with Gasteiger partial charge in [0.25, 0.3) is 0 Å². The van der Waals surface area contributed by atoms with E-state index < -0.39 is 9.84 Å². The summed E-state index contributed by atoms with van der Waals surface area (Å²) in [6.07, 6.45) is 7.15. The van der Waals surface area contributed by atoms with Gasteiger partial charge in [0, 0.05) is 18.1 Å². The van der Waals surface area contributed by atoms with E-state index in [1.165, 1.54) is 25.7 Å². The minimum Gasteiger partial charge on any atom is -0.313 e. The van der Waals surface area contributed by atoms with Crippen LogP contribution in [-0.2, 0) is 9.84 Å². The summed E-state index contributed by atoms with van der Waals surface area (Å²) in [5.74, 6) is 1.49. The van der Waals surface area contributed by atoms with E-state index in [2.05, 4.69) is 17.3 Å². The summed E-state index contributed by atoms with van der Waals surface area (Å²) in [5.41, 5.74) is 0. The van der Waals surface area contributed by atoms with Crippen molar-refractivity contribution in [2.75, 3.05) is 25.1 Å². The summed E-state index contributed by atoms with van der Waals surface area (Å²) < 4.78 is 23.2. The SMILES string of the molecule is CN1C2CCC1CC(CNC1CCCS(=O)(=O)C1)C2. The van der Waals surface area contributed by atoms with Crippen LogP contribution >= 0.6 is 0 Å². The summed E-state index contributed by atoms with van der Waals surface area (Å²) in [4.78, 5) is 2.56. The van der Waals surface area contributed by atoms with Gasteiger partial charge in [-0.2, -0.15) is 0 Å². The molecule has 0 spiro atoms. The number of fused-ring (bicyclic) bond motifs is 2. The number of nitrogens with zero attached hydrogens (tertiary/aromatic N) is 1. The zero-order valence-corrected chi connectivity index (χ0v) is 12.7. The standard InChI is InChI=1S/C14H26N2O2S/c1-16-13-4-5-14(16)8-11(7-13)9-15-12-3-2-6-19(17,18)10-12/h11-15H,2-10H2,1H3. The van der Waals surface area contributed by atoms with Gasteiger partial charge < -0.3 is 10.2 Å². The Morgan fingerprint density at radius 2 is 1.84 bits per heavy atom. The minimum absolute atomic E-state index is 0.205. The first-order valence-corrected chi connectivity index (χ1v) is 9.51. The molecule has 3 atom stereocenters. The van der Waals surface area contributed by atoms with E-state index in [0.717, 1.165) is 37.4 Å². The second-order valence-electron chi connectivity index (χ2n) is 6.75. The number of rotatable bonds is 3. The maximum absolute atomic E-state index is 11.6. The summed E-state index contributed by atoms with van der Waals surface area (Å²) in [6.45, 7) is 1.01. The van der Waals surface area contributed by atoms with Crippen molar-refractivity contribution in [3.8, 4) is 0 Å². The zero-order valence-electron chi connectivity index (χ0n) is 11.8. The molecule has 2 bridgehead atoms. The maximum atomic E-state index is 11.6. The highest BCUT2D eigenvalue weighted by molar-refractivity contribution is 7.91. The number of hydrogen-bond acceptors (Lipinski definition) is 4. The highest BCUT2D eigenvalue weighted by Gasteiger charge is 2.38. The fourth-order valence-electron chi connectivity index (χ4n) is 4.21. The predicted octanol–water partition coefficient (Wildman–Crippen LogP) is 1.03. The third-order valence-corrected chi connectivity index (χ3v) is 7.18. The van der Waals surface area contributed by atoms with Crippen LogP contribution in [0.1, 0.15) is 38.5 Å². The van der Waals surface area contributed by atoms with Crippen LogP contribution in [0.15, 0.2) is 0 Å². The van der Waals surface area contributed by atoms with Gasteiger partial charge in [-0.1, -0.05) is 0 Å². The Morgan fingerprint density at radius 3 is 2.47 bits per heavy atom. The Balaban J connectivity index is 1.48. The Bertz CT molecular complexity index is 409. The molecule has 0 radical (unpaired) electrons. The first-order chi connectivity index (χ1) is 9.03. The first-order valence-electron chi connectivity index (χ1n) is 7.69. The van der Waals surface area contributed by atoms with Crippen LogP contribution in [0.3, 0.4) is 0 Å². The molecule has 4 nitrogen and oxygen atoms in total. The van der Waals surface area contributed by atoms with Crippen LogP contribution in [-0.4, -0.2) is 56.5 Å². The fraction of sp³-hybridized carbons (Fsp3) is 1.00. The van der Waals surface area contributed by atoms with Crippen molar-refractivity contribution in [3.05, 3.63) is 0 Å². The molecule has 3 aliphatic heterocycles. The molecule has 3 fully saturated rings. The second-order valence-corrected chi connectivity index (χ2v) is 8.98. The molecule has 0 aromatic carbocycles. The first kappa shape index (κ1) is 13.8. The molecule has 3 aliphatic rings. The molecule has 3 rings (SSSR count). The molecule has 0 aromatic rings. The molecule has 3 heterocycles. The largest absolute Gasteiger partial charge is 0.313 e. The highest BCUT2D eigenvalue weighted by Crippen LogP contribution is 2.37. The van der Waals surface area contributed by atoms with Crippen molar-refractivity contribution in [1.82, 2.24) is 10.2 Å². The van der Waals surface area contributed by atoms with Gasteiger partial charge in [0.2, 0.25) is 0 Å². The number of sulfone groups is 1. The van der Waals surface area contributed by atoms with E-state index in [1.54, 1.807) is 0 Å². The van der Waals surface area contributed by atoms with E-state index in [1.807, 2.05) is 0 Å².